The van der Waals surface area contributed by atoms with Gasteiger partial charge in [-0.1, -0.05) is 5.16 Å². The number of hydrogen-bond donors (Lipinski definition) is 1. The Bertz CT molecular complexity index is 512. The Morgan fingerprint density at radius 3 is 2.40 bits per heavy atom. The molecule has 15 heavy (non-hydrogen) atoms. The number of oxime groups is 1. The molecular weight excluding hydrogens is 202 g/mol. The summed E-state index contributed by atoms with van der Waals surface area (Å²) in [5.41, 5.74) is -1.07. The molecule has 1 aromatic heterocycles. The van der Waals surface area contributed by atoms with E-state index in [9.17, 15) is 9.59 Å². The van der Waals surface area contributed by atoms with E-state index in [4.69, 9.17) is 9.94 Å². The topological polar surface area (TPSA) is 85.8 Å². The number of hydrogen-bond acceptors (Lipinski definition) is 5. The Morgan fingerprint density at radius 1 is 1.33 bits per heavy atom. The highest BCUT2D eigenvalue weighted by atomic mass is 16.5. The van der Waals surface area contributed by atoms with Crippen LogP contribution in [-0.4, -0.2) is 27.7 Å². The summed E-state index contributed by atoms with van der Waals surface area (Å²) in [5, 5.41) is 11.1. The second-order valence-corrected chi connectivity index (χ2v) is 2.87. The highest BCUT2D eigenvalue weighted by molar-refractivity contribution is 5.81. The summed E-state index contributed by atoms with van der Waals surface area (Å²) in [7, 11) is 4.11. The Labute approximate surface area is 84.8 Å². The maximum absolute atomic E-state index is 11.6. The lowest BCUT2D eigenvalue weighted by Crippen LogP contribution is -2.39. The predicted molar refractivity (Wildman–Crippen MR) is 52.9 cm³/mol. The minimum Gasteiger partial charge on any atom is -0.481 e. The molecule has 0 aliphatic carbocycles. The molecule has 1 rings (SSSR count). The first-order valence-corrected chi connectivity index (χ1v) is 4.06. The van der Waals surface area contributed by atoms with Crippen molar-refractivity contribution in [3.63, 3.8) is 0 Å². The molecule has 1 aromatic rings. The van der Waals surface area contributed by atoms with E-state index in [2.05, 4.69) is 5.16 Å². The third-order valence-corrected chi connectivity index (χ3v) is 2.02. The van der Waals surface area contributed by atoms with Crippen LogP contribution in [0.4, 0.5) is 0 Å². The molecule has 1 heterocycles. The molecule has 7 nitrogen and oxygen atoms in total. The summed E-state index contributed by atoms with van der Waals surface area (Å²) in [6.45, 7) is 0. The van der Waals surface area contributed by atoms with Crippen molar-refractivity contribution in [1.29, 1.82) is 0 Å². The Hall–Kier alpha value is -2.05. The lowest BCUT2D eigenvalue weighted by atomic mass is 10.3. The van der Waals surface area contributed by atoms with E-state index in [1.165, 1.54) is 21.2 Å². The van der Waals surface area contributed by atoms with Crippen LogP contribution in [0.3, 0.4) is 0 Å². The quantitative estimate of drug-likeness (QED) is 0.384. The van der Waals surface area contributed by atoms with Gasteiger partial charge >= 0.3 is 5.69 Å². The van der Waals surface area contributed by atoms with Gasteiger partial charge in [0.2, 0.25) is 5.88 Å². The van der Waals surface area contributed by atoms with E-state index in [0.29, 0.717) is 0 Å². The van der Waals surface area contributed by atoms with Gasteiger partial charge in [-0.15, -0.1) is 0 Å². The summed E-state index contributed by atoms with van der Waals surface area (Å²) in [6, 6.07) is 0. The number of ether oxygens (including phenoxy) is 1. The van der Waals surface area contributed by atoms with Crippen LogP contribution in [0.5, 0.6) is 5.88 Å². The lowest BCUT2D eigenvalue weighted by Gasteiger charge is -2.10. The summed E-state index contributed by atoms with van der Waals surface area (Å²) >= 11 is 0. The average molecular weight is 213 g/mol. The van der Waals surface area contributed by atoms with Crippen molar-refractivity contribution in [1.82, 2.24) is 9.13 Å². The molecule has 0 unspecified atom stereocenters. The minimum atomic E-state index is -0.576. The smallest absolute Gasteiger partial charge is 0.333 e. The van der Waals surface area contributed by atoms with Gasteiger partial charge in [0.15, 0.2) is 0 Å². The van der Waals surface area contributed by atoms with Crippen LogP contribution in [0.25, 0.3) is 0 Å². The molecule has 0 saturated heterocycles. The van der Waals surface area contributed by atoms with Crippen LogP contribution in [0.1, 0.15) is 5.56 Å². The first-order valence-electron chi connectivity index (χ1n) is 4.06. The van der Waals surface area contributed by atoms with E-state index in [0.717, 1.165) is 15.3 Å². The minimum absolute atomic E-state index is 0.0181. The highest BCUT2D eigenvalue weighted by Crippen LogP contribution is 2.07. The van der Waals surface area contributed by atoms with Gasteiger partial charge in [0.1, 0.15) is 5.56 Å². The van der Waals surface area contributed by atoms with Crippen LogP contribution >= 0.6 is 0 Å². The lowest BCUT2D eigenvalue weighted by molar-refractivity contribution is 0.320. The molecule has 0 radical (unpaired) electrons. The van der Waals surface area contributed by atoms with Gasteiger partial charge in [-0.3, -0.25) is 13.9 Å². The average Bonchev–Trinajstić information content (AvgIpc) is 2.24. The fourth-order valence-electron chi connectivity index (χ4n) is 1.27. The molecule has 0 amide bonds. The molecule has 0 spiro atoms. The fourth-order valence-corrected chi connectivity index (χ4v) is 1.27. The molecule has 0 saturated carbocycles. The van der Waals surface area contributed by atoms with Gasteiger partial charge in [-0.05, 0) is 0 Å². The van der Waals surface area contributed by atoms with Crippen molar-refractivity contribution < 1.29 is 9.94 Å². The van der Waals surface area contributed by atoms with Crippen molar-refractivity contribution in [3.8, 4) is 5.88 Å². The molecular formula is C8H11N3O4. The van der Waals surface area contributed by atoms with Crippen LogP contribution in [-0.2, 0) is 14.1 Å². The fraction of sp³-hybridized carbons (Fsp3) is 0.375. The van der Waals surface area contributed by atoms with Crippen LogP contribution in [0, 0.1) is 0 Å². The van der Waals surface area contributed by atoms with Crippen LogP contribution in [0.15, 0.2) is 14.7 Å². The molecule has 1 N–H and O–H groups in total. The van der Waals surface area contributed by atoms with Crippen molar-refractivity contribution >= 4 is 6.21 Å². The predicted octanol–water partition coefficient (Wildman–Crippen LogP) is -1.10. The van der Waals surface area contributed by atoms with E-state index >= 15 is 0 Å². The Morgan fingerprint density at radius 2 is 1.93 bits per heavy atom. The standard InChI is InChI=1S/C8H11N3O4/c1-10-6(12)5(4-9-14)7(15-3)11(2)8(10)13/h4,14H,1-3H3. The SMILES string of the molecule is COc1c(C=NO)c(=O)n(C)c(=O)n1C. The highest BCUT2D eigenvalue weighted by Gasteiger charge is 2.14. The summed E-state index contributed by atoms with van der Waals surface area (Å²) in [4.78, 5) is 23.0. The zero-order valence-corrected chi connectivity index (χ0v) is 8.59. The van der Waals surface area contributed by atoms with Crippen molar-refractivity contribution in [2.45, 2.75) is 0 Å². The van der Waals surface area contributed by atoms with E-state index in [-0.39, 0.29) is 11.4 Å². The van der Waals surface area contributed by atoms with Crippen LogP contribution < -0.4 is 16.0 Å². The molecule has 7 heteroatoms. The second kappa shape index (κ2) is 3.99. The maximum Gasteiger partial charge on any atom is 0.333 e. The summed E-state index contributed by atoms with van der Waals surface area (Å²) < 4.78 is 6.95. The van der Waals surface area contributed by atoms with Crippen molar-refractivity contribution in [2.24, 2.45) is 19.3 Å². The molecule has 0 fully saturated rings. The van der Waals surface area contributed by atoms with Gasteiger partial charge < -0.3 is 9.94 Å². The van der Waals surface area contributed by atoms with Gasteiger partial charge in [-0.25, -0.2) is 4.79 Å². The third-order valence-electron chi connectivity index (χ3n) is 2.02. The van der Waals surface area contributed by atoms with Gasteiger partial charge in [0.05, 0.1) is 13.3 Å². The van der Waals surface area contributed by atoms with Gasteiger partial charge in [0.25, 0.3) is 5.56 Å². The summed E-state index contributed by atoms with van der Waals surface area (Å²) in [6.07, 6.45) is 0.931. The van der Waals surface area contributed by atoms with E-state index in [1.807, 2.05) is 0 Å². The van der Waals surface area contributed by atoms with E-state index in [1.54, 1.807) is 0 Å². The number of aromatic nitrogens is 2. The number of methoxy groups -OCH3 is 1. The zero-order valence-electron chi connectivity index (χ0n) is 8.59. The maximum atomic E-state index is 11.6. The molecule has 0 aliphatic rings. The summed E-state index contributed by atoms with van der Waals surface area (Å²) in [5.74, 6) is 0.0564. The van der Waals surface area contributed by atoms with E-state index < -0.39 is 11.2 Å². The third kappa shape index (κ3) is 1.63. The first-order chi connectivity index (χ1) is 7.04. The van der Waals surface area contributed by atoms with Crippen LogP contribution in [0.2, 0.25) is 0 Å². The molecule has 0 bridgehead atoms. The molecule has 0 aromatic carbocycles. The second-order valence-electron chi connectivity index (χ2n) is 2.87. The van der Waals surface area contributed by atoms with Crippen molar-refractivity contribution in [2.75, 3.05) is 7.11 Å². The Kier molecular flexibility index (Phi) is 2.93. The van der Waals surface area contributed by atoms with Gasteiger partial charge in [0, 0.05) is 14.1 Å². The van der Waals surface area contributed by atoms with Crippen molar-refractivity contribution in [3.05, 3.63) is 26.4 Å². The number of rotatable bonds is 2. The zero-order chi connectivity index (χ0) is 11.6. The first kappa shape index (κ1) is 11.0. The van der Waals surface area contributed by atoms with Gasteiger partial charge in [-0.2, -0.15) is 0 Å². The largest absolute Gasteiger partial charge is 0.481 e. The molecule has 82 valence electrons. The molecule has 0 atom stereocenters. The normalized spacial score (nSPS) is 10.9. The molecule has 0 aliphatic heterocycles. The Balaban J connectivity index is 3.78. The monoisotopic (exact) mass is 213 g/mol. The number of nitrogens with zero attached hydrogens (tertiary/aromatic N) is 3.